The smallest absolute Gasteiger partial charge is 0.345 e. The van der Waals surface area contributed by atoms with Gasteiger partial charge in [0.25, 0.3) is 0 Å². The molecule has 0 bridgehead atoms. The summed E-state index contributed by atoms with van der Waals surface area (Å²) in [6, 6.07) is 0. The second-order valence-corrected chi connectivity index (χ2v) is 6.90. The second kappa shape index (κ2) is 8.16. The van der Waals surface area contributed by atoms with Crippen molar-refractivity contribution in [1.29, 1.82) is 0 Å². The molecule has 0 N–H and O–H groups in total. The maximum atomic E-state index is 12.1. The summed E-state index contributed by atoms with van der Waals surface area (Å²) in [5.41, 5.74) is -0.212. The van der Waals surface area contributed by atoms with Gasteiger partial charge in [0, 0.05) is 13.1 Å². The standard InChI is InChI=1S/C18H26N4O4/c1-7-24-16(23)14-10-19-22(15(14)25-11-12(2)3)9-8-18(5,6)17-21-20-13(4)26-17/h8-10,12H,7,11H2,1-6H3/b9-8+. The molecular weight excluding hydrogens is 336 g/mol. The number of nitrogens with zero attached hydrogens (tertiary/aromatic N) is 4. The number of rotatable bonds is 8. The molecule has 8 nitrogen and oxygen atoms in total. The van der Waals surface area contributed by atoms with Gasteiger partial charge in [-0.25, -0.2) is 9.48 Å². The Morgan fingerprint density at radius 2 is 2.12 bits per heavy atom. The third-order valence-electron chi connectivity index (χ3n) is 3.51. The SMILES string of the molecule is CCOC(=O)c1cnn(/C=C/C(C)(C)c2nnc(C)o2)c1OCC(C)C. The van der Waals surface area contributed by atoms with E-state index in [4.69, 9.17) is 13.9 Å². The van der Waals surface area contributed by atoms with E-state index in [9.17, 15) is 4.79 Å². The molecule has 8 heteroatoms. The molecule has 2 aromatic heterocycles. The molecular formula is C18H26N4O4. The van der Waals surface area contributed by atoms with E-state index in [-0.39, 0.29) is 6.61 Å². The van der Waals surface area contributed by atoms with Crippen LogP contribution in [0.15, 0.2) is 16.7 Å². The van der Waals surface area contributed by atoms with Gasteiger partial charge in [-0.3, -0.25) is 0 Å². The molecule has 0 aliphatic heterocycles. The first kappa shape index (κ1) is 19.7. The molecule has 2 heterocycles. The molecule has 0 aliphatic rings. The van der Waals surface area contributed by atoms with Crippen molar-refractivity contribution in [2.24, 2.45) is 5.92 Å². The summed E-state index contributed by atoms with van der Waals surface area (Å²) in [7, 11) is 0. The van der Waals surface area contributed by atoms with Crippen LogP contribution in [0, 0.1) is 12.8 Å². The highest BCUT2D eigenvalue weighted by atomic mass is 16.5. The van der Waals surface area contributed by atoms with Gasteiger partial charge in [-0.1, -0.05) is 19.9 Å². The van der Waals surface area contributed by atoms with Crippen LogP contribution in [0.3, 0.4) is 0 Å². The van der Waals surface area contributed by atoms with Crippen LogP contribution in [0.2, 0.25) is 0 Å². The van der Waals surface area contributed by atoms with Crippen molar-refractivity contribution < 1.29 is 18.7 Å². The molecule has 26 heavy (non-hydrogen) atoms. The molecule has 142 valence electrons. The highest BCUT2D eigenvalue weighted by molar-refractivity contribution is 5.92. The zero-order valence-electron chi connectivity index (χ0n) is 16.1. The lowest BCUT2D eigenvalue weighted by atomic mass is 9.94. The minimum absolute atomic E-state index is 0.285. The summed E-state index contributed by atoms with van der Waals surface area (Å²) in [6.07, 6.45) is 5.03. The number of hydrogen-bond acceptors (Lipinski definition) is 7. The van der Waals surface area contributed by atoms with E-state index in [0.29, 0.717) is 35.7 Å². The van der Waals surface area contributed by atoms with Crippen molar-refractivity contribution in [2.75, 3.05) is 13.2 Å². The van der Waals surface area contributed by atoms with Crippen LogP contribution in [0.4, 0.5) is 0 Å². The number of esters is 1. The Morgan fingerprint density at radius 3 is 2.69 bits per heavy atom. The Morgan fingerprint density at radius 1 is 1.38 bits per heavy atom. The third-order valence-corrected chi connectivity index (χ3v) is 3.51. The van der Waals surface area contributed by atoms with Crippen LogP contribution >= 0.6 is 0 Å². The number of carbonyl (C=O) groups excluding carboxylic acids is 1. The number of aromatic nitrogens is 4. The summed E-state index contributed by atoms with van der Waals surface area (Å²) in [5, 5.41) is 12.2. The topological polar surface area (TPSA) is 92.3 Å². The van der Waals surface area contributed by atoms with Crippen molar-refractivity contribution in [2.45, 2.75) is 47.0 Å². The molecule has 0 fully saturated rings. The van der Waals surface area contributed by atoms with E-state index in [1.165, 1.54) is 10.9 Å². The van der Waals surface area contributed by atoms with Crippen molar-refractivity contribution in [3.8, 4) is 5.88 Å². The molecule has 0 saturated carbocycles. The molecule has 0 radical (unpaired) electrons. The fraction of sp³-hybridized carbons (Fsp3) is 0.556. The van der Waals surface area contributed by atoms with Crippen molar-refractivity contribution in [3.05, 3.63) is 29.6 Å². The fourth-order valence-electron chi connectivity index (χ4n) is 2.08. The highest BCUT2D eigenvalue weighted by Gasteiger charge is 2.25. The van der Waals surface area contributed by atoms with Crippen LogP contribution in [-0.2, 0) is 10.2 Å². The Labute approximate surface area is 153 Å². The number of hydrogen-bond donors (Lipinski definition) is 0. The zero-order valence-corrected chi connectivity index (χ0v) is 16.1. The number of allylic oxidation sites excluding steroid dienone is 1. The third kappa shape index (κ3) is 4.71. The first-order valence-corrected chi connectivity index (χ1v) is 8.62. The fourth-order valence-corrected chi connectivity index (χ4v) is 2.08. The summed E-state index contributed by atoms with van der Waals surface area (Å²) in [6.45, 7) is 12.2. The molecule has 2 aromatic rings. The molecule has 0 aliphatic carbocycles. The Hall–Kier alpha value is -2.64. The van der Waals surface area contributed by atoms with Gasteiger partial charge in [-0.15, -0.1) is 10.2 Å². The minimum atomic E-state index is -0.507. The normalized spacial score (nSPS) is 12.1. The van der Waals surface area contributed by atoms with Crippen LogP contribution < -0.4 is 4.74 Å². The predicted octanol–water partition coefficient (Wildman–Crippen LogP) is 3.23. The van der Waals surface area contributed by atoms with Gasteiger partial charge in [-0.2, -0.15) is 5.10 Å². The zero-order chi connectivity index (χ0) is 19.3. The van der Waals surface area contributed by atoms with Crippen LogP contribution in [0.1, 0.15) is 56.8 Å². The Kier molecular flexibility index (Phi) is 6.18. The largest absolute Gasteiger partial charge is 0.477 e. The molecule has 0 saturated heterocycles. The summed E-state index contributed by atoms with van der Waals surface area (Å²) in [4.78, 5) is 12.1. The molecule has 0 spiro atoms. The molecule has 0 amide bonds. The number of carbonyl (C=O) groups is 1. The van der Waals surface area contributed by atoms with E-state index < -0.39 is 11.4 Å². The summed E-state index contributed by atoms with van der Waals surface area (Å²) in [5.74, 6) is 1.19. The maximum absolute atomic E-state index is 12.1. The van der Waals surface area contributed by atoms with Gasteiger partial charge in [-0.05, 0) is 26.7 Å². The van der Waals surface area contributed by atoms with Gasteiger partial charge in [0.15, 0.2) is 0 Å². The monoisotopic (exact) mass is 362 g/mol. The average Bonchev–Trinajstić information content (AvgIpc) is 3.17. The molecule has 2 rings (SSSR count). The minimum Gasteiger partial charge on any atom is -0.477 e. The van der Waals surface area contributed by atoms with Crippen LogP contribution in [0.5, 0.6) is 5.88 Å². The van der Waals surface area contributed by atoms with Gasteiger partial charge in [0.05, 0.1) is 24.8 Å². The Balaban J connectivity index is 2.31. The molecule has 0 aromatic carbocycles. The van der Waals surface area contributed by atoms with Crippen LogP contribution in [0.25, 0.3) is 6.20 Å². The molecule has 0 atom stereocenters. The van der Waals surface area contributed by atoms with E-state index in [0.717, 1.165) is 0 Å². The van der Waals surface area contributed by atoms with Crippen molar-refractivity contribution >= 4 is 12.2 Å². The van der Waals surface area contributed by atoms with E-state index in [2.05, 4.69) is 15.3 Å². The van der Waals surface area contributed by atoms with Crippen LogP contribution in [-0.4, -0.2) is 39.2 Å². The lowest BCUT2D eigenvalue weighted by Crippen LogP contribution is -2.15. The number of aryl methyl sites for hydroxylation is 1. The summed E-state index contributed by atoms with van der Waals surface area (Å²) < 4.78 is 17.9. The maximum Gasteiger partial charge on any atom is 0.345 e. The number of ether oxygens (including phenoxy) is 2. The quantitative estimate of drug-likeness (QED) is 0.666. The predicted molar refractivity (Wildman–Crippen MR) is 95.9 cm³/mol. The van der Waals surface area contributed by atoms with E-state index in [1.807, 2.05) is 33.8 Å². The van der Waals surface area contributed by atoms with Crippen molar-refractivity contribution in [3.63, 3.8) is 0 Å². The van der Waals surface area contributed by atoms with Gasteiger partial charge in [0.2, 0.25) is 17.7 Å². The van der Waals surface area contributed by atoms with Gasteiger partial charge in [0.1, 0.15) is 5.56 Å². The lowest BCUT2D eigenvalue weighted by Gasteiger charge is -2.15. The average molecular weight is 362 g/mol. The molecule has 0 unspecified atom stereocenters. The first-order chi connectivity index (χ1) is 12.2. The Bertz CT molecular complexity index is 774. The van der Waals surface area contributed by atoms with Gasteiger partial charge >= 0.3 is 5.97 Å². The van der Waals surface area contributed by atoms with Crippen molar-refractivity contribution in [1.82, 2.24) is 20.0 Å². The highest BCUT2D eigenvalue weighted by Crippen LogP contribution is 2.26. The lowest BCUT2D eigenvalue weighted by molar-refractivity contribution is 0.0520. The van der Waals surface area contributed by atoms with E-state index >= 15 is 0 Å². The second-order valence-electron chi connectivity index (χ2n) is 6.90. The first-order valence-electron chi connectivity index (χ1n) is 8.62. The van der Waals surface area contributed by atoms with Gasteiger partial charge < -0.3 is 13.9 Å². The van der Waals surface area contributed by atoms with E-state index in [1.54, 1.807) is 20.0 Å². The summed E-state index contributed by atoms with van der Waals surface area (Å²) >= 11 is 0.